The van der Waals surface area contributed by atoms with Gasteiger partial charge < -0.3 is 20.5 Å². The molecule has 0 radical (unpaired) electrons. The lowest BCUT2D eigenvalue weighted by Crippen LogP contribution is -2.21. The van der Waals surface area contributed by atoms with Gasteiger partial charge in [-0.2, -0.15) is 0 Å². The van der Waals surface area contributed by atoms with E-state index in [1.54, 1.807) is 6.07 Å². The Labute approximate surface area is 192 Å². The summed E-state index contributed by atoms with van der Waals surface area (Å²) in [5, 5.41) is 17.3. The van der Waals surface area contributed by atoms with Crippen LogP contribution in [0.4, 0.5) is 10.7 Å². The molecule has 0 atom stereocenters. The summed E-state index contributed by atoms with van der Waals surface area (Å²) in [6, 6.07) is 15.1. The van der Waals surface area contributed by atoms with Gasteiger partial charge in [0.25, 0.3) is 0 Å². The molecule has 0 aliphatic rings. The molecule has 162 valence electrons. The number of carbonyl (C=O) groups is 1. The van der Waals surface area contributed by atoms with Gasteiger partial charge in [0.2, 0.25) is 0 Å². The fourth-order valence-electron chi connectivity index (χ4n) is 3.24. The highest BCUT2D eigenvalue weighted by Gasteiger charge is 2.24. The average Bonchev–Trinajstić information content (AvgIpc) is 3.04. The van der Waals surface area contributed by atoms with Gasteiger partial charge in [-0.1, -0.05) is 57.2 Å². The number of esters is 1. The molecule has 1 aromatic heterocycles. The Balaban J connectivity index is 1.93. The fourth-order valence-corrected chi connectivity index (χ4v) is 4.59. The third-order valence-corrected chi connectivity index (χ3v) is 6.10. The van der Waals surface area contributed by atoms with Gasteiger partial charge in [0.05, 0.1) is 12.8 Å². The van der Waals surface area contributed by atoms with Crippen LogP contribution in [0.5, 0.6) is 5.75 Å². The van der Waals surface area contributed by atoms with Gasteiger partial charge >= 0.3 is 5.97 Å². The van der Waals surface area contributed by atoms with E-state index in [9.17, 15) is 9.90 Å². The lowest BCUT2D eigenvalue weighted by molar-refractivity contribution is 0.0603. The van der Waals surface area contributed by atoms with Crippen LogP contribution in [0.3, 0.4) is 0 Å². The molecule has 1 heterocycles. The normalized spacial score (nSPS) is 11.1. The van der Waals surface area contributed by atoms with Gasteiger partial charge in [-0.25, -0.2) is 4.79 Å². The Morgan fingerprint density at radius 2 is 1.77 bits per heavy atom. The monoisotopic (exact) mass is 454 g/mol. The molecular weight excluding hydrogens is 428 g/mol. The summed E-state index contributed by atoms with van der Waals surface area (Å²) in [6.07, 6.45) is 0. The molecular formula is C24H26N2O3S2. The third-order valence-electron chi connectivity index (χ3n) is 4.87. The molecule has 0 aliphatic heterocycles. The van der Waals surface area contributed by atoms with Crippen molar-refractivity contribution in [2.45, 2.75) is 33.1 Å². The molecule has 2 aromatic carbocycles. The van der Waals surface area contributed by atoms with E-state index >= 15 is 0 Å². The lowest BCUT2D eigenvalue weighted by atomic mass is 9.87. The summed E-state index contributed by atoms with van der Waals surface area (Å²) in [4.78, 5) is 13.6. The van der Waals surface area contributed by atoms with Crippen LogP contribution in [0.2, 0.25) is 0 Å². The minimum atomic E-state index is -0.439. The maximum absolute atomic E-state index is 12.6. The summed E-state index contributed by atoms with van der Waals surface area (Å²) >= 11 is 6.92. The first-order valence-corrected chi connectivity index (χ1v) is 11.0. The highest BCUT2D eigenvalue weighted by Crippen LogP contribution is 2.40. The number of phenols is 1. The van der Waals surface area contributed by atoms with Crippen molar-refractivity contribution in [3.63, 3.8) is 0 Å². The van der Waals surface area contributed by atoms with Crippen LogP contribution in [0.25, 0.3) is 11.1 Å². The molecule has 5 nitrogen and oxygen atoms in total. The Hall–Kier alpha value is -2.90. The minimum Gasteiger partial charge on any atom is -0.506 e. The van der Waals surface area contributed by atoms with Crippen molar-refractivity contribution in [3.05, 3.63) is 64.5 Å². The maximum Gasteiger partial charge on any atom is 0.341 e. The quantitative estimate of drug-likeness (QED) is 0.243. The molecule has 3 rings (SSSR count). The van der Waals surface area contributed by atoms with Crippen LogP contribution >= 0.6 is 23.6 Å². The molecule has 0 saturated heterocycles. The SMILES string of the molecule is COC(=O)c1c(NC(=S)Nc2cc(C(C)(C)C)ccc2O)sc(C)c1-c1ccccc1. The van der Waals surface area contributed by atoms with Crippen LogP contribution in [0, 0.1) is 6.92 Å². The number of benzene rings is 2. The van der Waals surface area contributed by atoms with E-state index < -0.39 is 5.97 Å². The zero-order valence-corrected chi connectivity index (χ0v) is 19.8. The lowest BCUT2D eigenvalue weighted by Gasteiger charge is -2.21. The number of phenolic OH excluding ortho intramolecular Hbond substituents is 1. The van der Waals surface area contributed by atoms with Gasteiger partial charge in [0.1, 0.15) is 16.3 Å². The van der Waals surface area contributed by atoms with Crippen LogP contribution in [0.15, 0.2) is 48.5 Å². The molecule has 0 fully saturated rings. The van der Waals surface area contributed by atoms with Crippen molar-refractivity contribution in [2.75, 3.05) is 17.7 Å². The second-order valence-electron chi connectivity index (χ2n) is 8.16. The number of methoxy groups -OCH3 is 1. The number of rotatable bonds is 4. The standard InChI is InChI=1S/C24H26N2O3S2/c1-14-19(15-9-7-6-8-10-15)20(22(28)29-5)21(31-14)26-23(30)25-17-13-16(24(2,3)4)11-12-18(17)27/h6-13,27H,1-5H3,(H2,25,26,30). The summed E-state index contributed by atoms with van der Waals surface area (Å²) in [6.45, 7) is 8.26. The first-order valence-electron chi connectivity index (χ1n) is 9.80. The number of ether oxygens (including phenoxy) is 1. The van der Waals surface area contributed by atoms with Crippen molar-refractivity contribution < 1.29 is 14.6 Å². The highest BCUT2D eigenvalue weighted by atomic mass is 32.1. The van der Waals surface area contributed by atoms with Crippen molar-refractivity contribution >= 4 is 45.3 Å². The first-order chi connectivity index (χ1) is 14.6. The molecule has 0 bridgehead atoms. The number of nitrogens with one attached hydrogen (secondary N) is 2. The van der Waals surface area contributed by atoms with Crippen molar-refractivity contribution in [1.82, 2.24) is 0 Å². The zero-order valence-electron chi connectivity index (χ0n) is 18.2. The van der Waals surface area contributed by atoms with E-state index in [1.165, 1.54) is 18.4 Å². The predicted molar refractivity (Wildman–Crippen MR) is 132 cm³/mol. The molecule has 0 unspecified atom stereocenters. The van der Waals surface area contributed by atoms with Gasteiger partial charge in [-0.3, -0.25) is 0 Å². The minimum absolute atomic E-state index is 0.0767. The average molecular weight is 455 g/mol. The zero-order chi connectivity index (χ0) is 22.8. The van der Waals surface area contributed by atoms with Crippen LogP contribution in [-0.2, 0) is 10.2 Å². The van der Waals surface area contributed by atoms with Crippen molar-refractivity contribution in [2.24, 2.45) is 0 Å². The molecule has 0 saturated carbocycles. The molecule has 0 aliphatic carbocycles. The third kappa shape index (κ3) is 5.06. The van der Waals surface area contributed by atoms with Gasteiger partial charge in [-0.15, -0.1) is 11.3 Å². The van der Waals surface area contributed by atoms with Crippen LogP contribution in [0.1, 0.15) is 41.6 Å². The topological polar surface area (TPSA) is 70.6 Å². The van der Waals surface area contributed by atoms with E-state index in [2.05, 4.69) is 31.4 Å². The number of aryl methyl sites for hydroxylation is 1. The Kier molecular flexibility index (Phi) is 6.67. The number of carbonyl (C=O) groups excluding carboxylic acids is 1. The van der Waals surface area contributed by atoms with Crippen molar-refractivity contribution in [1.29, 1.82) is 0 Å². The summed E-state index contributed by atoms with van der Waals surface area (Å²) < 4.78 is 5.05. The summed E-state index contributed by atoms with van der Waals surface area (Å²) in [5.41, 5.74) is 3.67. The second-order valence-corrected chi connectivity index (χ2v) is 9.79. The number of aromatic hydroxyl groups is 1. The van der Waals surface area contributed by atoms with Gasteiger partial charge in [0, 0.05) is 10.4 Å². The highest BCUT2D eigenvalue weighted by molar-refractivity contribution is 7.80. The van der Waals surface area contributed by atoms with Gasteiger partial charge in [-0.05, 0) is 47.8 Å². The number of hydrogen-bond acceptors (Lipinski definition) is 5. The van der Waals surface area contributed by atoms with E-state index in [4.69, 9.17) is 17.0 Å². The first kappa shape index (κ1) is 22.8. The fraction of sp³-hybridized carbons (Fsp3) is 0.250. The van der Waals surface area contributed by atoms with Crippen molar-refractivity contribution in [3.8, 4) is 16.9 Å². The number of thiophene rings is 1. The number of hydrogen-bond donors (Lipinski definition) is 3. The number of anilines is 2. The predicted octanol–water partition coefficient (Wildman–Crippen LogP) is 6.32. The molecule has 3 N–H and O–H groups in total. The smallest absolute Gasteiger partial charge is 0.341 e. The van der Waals surface area contributed by atoms with E-state index in [1.807, 2.05) is 49.4 Å². The van der Waals surface area contributed by atoms with Crippen LogP contribution < -0.4 is 10.6 Å². The van der Waals surface area contributed by atoms with E-state index in [0.29, 0.717) is 16.3 Å². The molecule has 7 heteroatoms. The molecule has 0 amide bonds. The Bertz CT molecular complexity index is 1120. The number of thiocarbonyl (C=S) groups is 1. The Morgan fingerprint density at radius 1 is 1.10 bits per heavy atom. The maximum atomic E-state index is 12.6. The summed E-state index contributed by atoms with van der Waals surface area (Å²) in [5.74, 6) is -0.344. The Morgan fingerprint density at radius 3 is 2.39 bits per heavy atom. The van der Waals surface area contributed by atoms with Crippen LogP contribution in [-0.4, -0.2) is 23.3 Å². The van der Waals surface area contributed by atoms with E-state index in [0.717, 1.165) is 21.6 Å². The van der Waals surface area contributed by atoms with E-state index in [-0.39, 0.29) is 16.3 Å². The largest absolute Gasteiger partial charge is 0.506 e. The summed E-state index contributed by atoms with van der Waals surface area (Å²) in [7, 11) is 1.36. The second kappa shape index (κ2) is 9.08. The van der Waals surface area contributed by atoms with Gasteiger partial charge in [0.15, 0.2) is 5.11 Å². The molecule has 31 heavy (non-hydrogen) atoms. The molecule has 3 aromatic rings. The molecule has 0 spiro atoms.